The van der Waals surface area contributed by atoms with Crippen LogP contribution in [0, 0.1) is 5.92 Å². The molecule has 2 saturated heterocycles. The van der Waals surface area contributed by atoms with Gasteiger partial charge in [0, 0.05) is 20.0 Å². The van der Waals surface area contributed by atoms with Crippen LogP contribution < -0.4 is 21.0 Å². The number of nitrogens with zero attached hydrogens (tertiary/aromatic N) is 4. The molecule has 0 radical (unpaired) electrons. The number of nitrogens with one attached hydrogen (secondary N) is 2. The van der Waals surface area contributed by atoms with Crippen molar-refractivity contribution in [2.24, 2.45) is 20.0 Å². The Morgan fingerprint density at radius 1 is 1.10 bits per heavy atom. The highest BCUT2D eigenvalue weighted by Gasteiger charge is 2.26. The Morgan fingerprint density at radius 3 is 2.59 bits per heavy atom. The van der Waals surface area contributed by atoms with Gasteiger partial charge >= 0.3 is 5.69 Å². The Labute approximate surface area is 170 Å². The van der Waals surface area contributed by atoms with Gasteiger partial charge in [-0.3, -0.25) is 13.9 Å². The number of fused-ring (bicyclic) bond motifs is 1. The number of quaternary nitrogens is 2. The fourth-order valence-electron chi connectivity index (χ4n) is 4.83. The molecule has 2 fully saturated rings. The summed E-state index contributed by atoms with van der Waals surface area (Å²) in [4.78, 5) is 33.2. The third-order valence-corrected chi connectivity index (χ3v) is 6.59. The molecule has 2 N–H and O–H groups in total. The second kappa shape index (κ2) is 8.41. The van der Waals surface area contributed by atoms with E-state index in [2.05, 4.69) is 11.5 Å². The van der Waals surface area contributed by atoms with Crippen LogP contribution in [0.3, 0.4) is 0 Å². The van der Waals surface area contributed by atoms with Crippen molar-refractivity contribution in [2.45, 2.75) is 32.9 Å². The number of aryl methyl sites for hydroxylation is 1. The van der Waals surface area contributed by atoms with Gasteiger partial charge < -0.3 is 19.1 Å². The number of ether oxygens (including phenoxy) is 1. The van der Waals surface area contributed by atoms with Crippen LogP contribution in [-0.4, -0.2) is 64.6 Å². The van der Waals surface area contributed by atoms with Crippen LogP contribution in [0.4, 0.5) is 0 Å². The number of rotatable bonds is 5. The number of imidazole rings is 1. The third-order valence-electron chi connectivity index (χ3n) is 6.59. The summed E-state index contributed by atoms with van der Waals surface area (Å²) in [5.41, 5.74) is 0.494. The standard InChI is InChI=1S/C20H32N6O3/c1-15-5-4-6-25(13-15)14-16-21-18-17(19(27)23(3)20(28)22(18)2)26(16)8-7-24-9-11-29-12-10-24/h15H,4-14H2,1-3H3/p+2/t15-/m0/s1. The highest BCUT2D eigenvalue weighted by Crippen LogP contribution is 2.11. The average molecular weight is 407 g/mol. The van der Waals surface area contributed by atoms with Crippen LogP contribution in [-0.2, 0) is 31.9 Å². The van der Waals surface area contributed by atoms with Crippen LogP contribution >= 0.6 is 0 Å². The molecule has 0 spiro atoms. The van der Waals surface area contributed by atoms with Gasteiger partial charge in [-0.2, -0.15) is 0 Å². The maximum absolute atomic E-state index is 13.0. The Morgan fingerprint density at radius 2 is 1.86 bits per heavy atom. The number of aromatic nitrogens is 4. The summed E-state index contributed by atoms with van der Waals surface area (Å²) < 4.78 is 10.3. The van der Waals surface area contributed by atoms with Gasteiger partial charge in [0.15, 0.2) is 17.0 Å². The first kappa shape index (κ1) is 20.3. The normalized spacial score (nSPS) is 23.7. The van der Waals surface area contributed by atoms with Crippen LogP contribution in [0.2, 0.25) is 0 Å². The molecule has 0 bridgehead atoms. The Balaban J connectivity index is 1.71. The highest BCUT2D eigenvalue weighted by atomic mass is 16.5. The summed E-state index contributed by atoms with van der Waals surface area (Å²) in [6.07, 6.45) is 2.52. The van der Waals surface area contributed by atoms with Crippen molar-refractivity contribution in [1.82, 2.24) is 18.7 Å². The van der Waals surface area contributed by atoms with Crippen molar-refractivity contribution >= 4 is 11.2 Å². The molecule has 4 rings (SSSR count). The lowest BCUT2D eigenvalue weighted by Crippen LogP contribution is -3.14. The van der Waals surface area contributed by atoms with E-state index in [1.165, 1.54) is 31.8 Å². The lowest BCUT2D eigenvalue weighted by Gasteiger charge is -2.28. The number of piperidine rings is 1. The number of likely N-dealkylation sites (tertiary alicyclic amines) is 1. The van der Waals surface area contributed by atoms with E-state index < -0.39 is 0 Å². The summed E-state index contributed by atoms with van der Waals surface area (Å²) in [6, 6.07) is 0. The van der Waals surface area contributed by atoms with Crippen molar-refractivity contribution in [2.75, 3.05) is 45.9 Å². The summed E-state index contributed by atoms with van der Waals surface area (Å²) in [5, 5.41) is 0. The molecule has 2 aromatic heterocycles. The summed E-state index contributed by atoms with van der Waals surface area (Å²) in [6.45, 7) is 10.6. The number of morpholine rings is 1. The zero-order valence-electron chi connectivity index (χ0n) is 17.9. The molecule has 9 heteroatoms. The lowest BCUT2D eigenvalue weighted by molar-refractivity contribution is -0.922. The van der Waals surface area contributed by atoms with E-state index in [4.69, 9.17) is 9.72 Å². The first-order chi connectivity index (χ1) is 14.0. The zero-order valence-corrected chi connectivity index (χ0v) is 17.9. The quantitative estimate of drug-likeness (QED) is 0.561. The van der Waals surface area contributed by atoms with Gasteiger partial charge in [0.05, 0.1) is 39.4 Å². The van der Waals surface area contributed by atoms with Crippen LogP contribution in [0.15, 0.2) is 9.59 Å². The minimum absolute atomic E-state index is 0.249. The van der Waals surface area contributed by atoms with Gasteiger partial charge in [0.25, 0.3) is 5.56 Å². The van der Waals surface area contributed by atoms with E-state index in [0.717, 1.165) is 64.9 Å². The fourth-order valence-corrected chi connectivity index (χ4v) is 4.83. The maximum Gasteiger partial charge on any atom is 0.332 e. The van der Waals surface area contributed by atoms with E-state index in [-0.39, 0.29) is 11.2 Å². The van der Waals surface area contributed by atoms with E-state index in [1.807, 2.05) is 0 Å². The number of hydrogen-bond donors (Lipinski definition) is 2. The van der Waals surface area contributed by atoms with Gasteiger partial charge in [0.2, 0.25) is 0 Å². The molecule has 0 aliphatic carbocycles. The predicted octanol–water partition coefficient (Wildman–Crippen LogP) is -2.84. The first-order valence-electron chi connectivity index (χ1n) is 10.9. The molecule has 0 amide bonds. The molecule has 2 aliphatic rings. The Bertz CT molecular complexity index is 985. The SMILES string of the molecule is C[C@H]1CCC[NH+](Cc2nc3c(c(=O)n(C)c(=O)n3C)n2CC[NH+]2CCOCC2)C1. The zero-order chi connectivity index (χ0) is 20.5. The number of hydrogen-bond acceptors (Lipinski definition) is 4. The van der Waals surface area contributed by atoms with E-state index >= 15 is 0 Å². The van der Waals surface area contributed by atoms with Gasteiger partial charge in [0.1, 0.15) is 19.6 Å². The molecule has 1 unspecified atom stereocenters. The van der Waals surface area contributed by atoms with Crippen molar-refractivity contribution in [3.8, 4) is 0 Å². The minimum atomic E-state index is -0.323. The second-order valence-electron chi connectivity index (χ2n) is 8.80. The van der Waals surface area contributed by atoms with E-state index in [0.29, 0.717) is 17.1 Å². The van der Waals surface area contributed by atoms with E-state index in [9.17, 15) is 9.59 Å². The van der Waals surface area contributed by atoms with Gasteiger partial charge in [-0.05, 0) is 12.8 Å². The minimum Gasteiger partial charge on any atom is -0.370 e. The molecule has 160 valence electrons. The van der Waals surface area contributed by atoms with Gasteiger partial charge in [-0.25, -0.2) is 9.78 Å². The smallest absolute Gasteiger partial charge is 0.332 e. The molecular weight excluding hydrogens is 372 g/mol. The molecule has 0 aromatic carbocycles. The van der Waals surface area contributed by atoms with Crippen LogP contribution in [0.25, 0.3) is 11.2 Å². The molecule has 9 nitrogen and oxygen atoms in total. The van der Waals surface area contributed by atoms with Gasteiger partial charge in [-0.1, -0.05) is 6.92 Å². The first-order valence-corrected chi connectivity index (χ1v) is 10.9. The molecule has 2 aromatic rings. The van der Waals surface area contributed by atoms with Crippen molar-refractivity contribution in [1.29, 1.82) is 0 Å². The fraction of sp³-hybridized carbons (Fsp3) is 0.750. The Hall–Kier alpha value is -1.97. The van der Waals surface area contributed by atoms with Gasteiger partial charge in [-0.15, -0.1) is 0 Å². The Kier molecular flexibility index (Phi) is 5.89. The monoisotopic (exact) mass is 406 g/mol. The molecule has 2 atom stereocenters. The topological polar surface area (TPSA) is 79.9 Å². The summed E-state index contributed by atoms with van der Waals surface area (Å²) in [5.74, 6) is 1.64. The van der Waals surface area contributed by atoms with Crippen LogP contribution in [0.5, 0.6) is 0 Å². The third kappa shape index (κ3) is 4.04. The highest BCUT2D eigenvalue weighted by molar-refractivity contribution is 5.71. The molecular formula is C20H34N6O3+2. The molecule has 0 saturated carbocycles. The predicted molar refractivity (Wildman–Crippen MR) is 109 cm³/mol. The largest absolute Gasteiger partial charge is 0.370 e. The molecule has 29 heavy (non-hydrogen) atoms. The average Bonchev–Trinajstić information content (AvgIpc) is 3.08. The summed E-state index contributed by atoms with van der Waals surface area (Å²) >= 11 is 0. The van der Waals surface area contributed by atoms with E-state index in [1.54, 1.807) is 14.1 Å². The maximum atomic E-state index is 13.0. The van der Waals surface area contributed by atoms with Crippen molar-refractivity contribution in [3.05, 3.63) is 26.7 Å². The van der Waals surface area contributed by atoms with Crippen LogP contribution in [0.1, 0.15) is 25.6 Å². The second-order valence-corrected chi connectivity index (χ2v) is 8.80. The van der Waals surface area contributed by atoms with Crippen molar-refractivity contribution in [3.63, 3.8) is 0 Å². The molecule has 4 heterocycles. The summed E-state index contributed by atoms with van der Waals surface area (Å²) in [7, 11) is 3.25. The van der Waals surface area contributed by atoms with Crippen molar-refractivity contribution < 1.29 is 14.5 Å². The lowest BCUT2D eigenvalue weighted by atomic mass is 10.0. The molecule has 2 aliphatic heterocycles.